The van der Waals surface area contributed by atoms with E-state index >= 15 is 0 Å². The van der Waals surface area contributed by atoms with E-state index in [0.29, 0.717) is 6.42 Å². The molecule has 0 aliphatic carbocycles. The van der Waals surface area contributed by atoms with E-state index in [1.54, 1.807) is 4.90 Å². The van der Waals surface area contributed by atoms with E-state index in [1.807, 2.05) is 24.3 Å². The zero-order valence-electron chi connectivity index (χ0n) is 9.90. The van der Waals surface area contributed by atoms with Gasteiger partial charge in [0.25, 0.3) is 0 Å². The number of nitrogens with one attached hydrogen (secondary N) is 1. The van der Waals surface area contributed by atoms with Gasteiger partial charge in [-0.1, -0.05) is 0 Å². The number of carbonyl (C=O) groups is 2. The standard InChI is InChI=1S/C13H16N2O2/c1-10(16)14-11-5-7-12(8-6-11)15-9-3-2-4-13(15)17/h5-8H,2-4,9H2,1H3,(H,14,16). The first kappa shape index (κ1) is 11.6. The molecule has 1 aromatic rings. The topological polar surface area (TPSA) is 49.4 Å². The van der Waals surface area contributed by atoms with Gasteiger partial charge in [0.05, 0.1) is 0 Å². The third-order valence-electron chi connectivity index (χ3n) is 2.82. The van der Waals surface area contributed by atoms with Gasteiger partial charge in [0.15, 0.2) is 0 Å². The number of nitrogens with zero attached hydrogens (tertiary/aromatic N) is 1. The predicted octanol–water partition coefficient (Wildman–Crippen LogP) is 2.16. The first-order chi connectivity index (χ1) is 8.16. The molecule has 0 saturated carbocycles. The molecule has 1 aliphatic rings. The number of benzene rings is 1. The molecule has 0 aromatic heterocycles. The van der Waals surface area contributed by atoms with Gasteiger partial charge in [-0.05, 0) is 37.1 Å². The molecule has 1 heterocycles. The molecule has 0 unspecified atom stereocenters. The highest BCUT2D eigenvalue weighted by molar-refractivity contribution is 5.94. The quantitative estimate of drug-likeness (QED) is 0.849. The summed E-state index contributed by atoms with van der Waals surface area (Å²) >= 11 is 0. The molecule has 4 nitrogen and oxygen atoms in total. The number of anilines is 2. The molecule has 17 heavy (non-hydrogen) atoms. The minimum atomic E-state index is -0.0909. The highest BCUT2D eigenvalue weighted by atomic mass is 16.2. The number of piperidine rings is 1. The number of amides is 2. The van der Waals surface area contributed by atoms with Crippen molar-refractivity contribution in [2.45, 2.75) is 26.2 Å². The van der Waals surface area contributed by atoms with Crippen LogP contribution in [0.15, 0.2) is 24.3 Å². The maximum absolute atomic E-state index is 11.7. The monoisotopic (exact) mass is 232 g/mol. The lowest BCUT2D eigenvalue weighted by Crippen LogP contribution is -2.35. The van der Waals surface area contributed by atoms with Crippen LogP contribution in [-0.2, 0) is 9.59 Å². The second-order valence-corrected chi connectivity index (χ2v) is 4.23. The fourth-order valence-corrected chi connectivity index (χ4v) is 2.01. The summed E-state index contributed by atoms with van der Waals surface area (Å²) in [6.07, 6.45) is 2.67. The second-order valence-electron chi connectivity index (χ2n) is 4.23. The highest BCUT2D eigenvalue weighted by Crippen LogP contribution is 2.22. The molecule has 0 spiro atoms. The fourth-order valence-electron chi connectivity index (χ4n) is 2.01. The van der Waals surface area contributed by atoms with E-state index in [-0.39, 0.29) is 11.8 Å². The van der Waals surface area contributed by atoms with Crippen molar-refractivity contribution in [3.05, 3.63) is 24.3 Å². The van der Waals surface area contributed by atoms with Crippen LogP contribution in [0.25, 0.3) is 0 Å². The third kappa shape index (κ3) is 2.84. The minimum Gasteiger partial charge on any atom is -0.326 e. The summed E-state index contributed by atoms with van der Waals surface area (Å²) in [7, 11) is 0. The summed E-state index contributed by atoms with van der Waals surface area (Å²) in [5.74, 6) is 0.0929. The second kappa shape index (κ2) is 4.99. The Morgan fingerprint density at radius 3 is 2.53 bits per heavy atom. The van der Waals surface area contributed by atoms with Gasteiger partial charge in [0, 0.05) is 31.3 Å². The fraction of sp³-hybridized carbons (Fsp3) is 0.385. The van der Waals surface area contributed by atoms with Crippen LogP contribution in [0.5, 0.6) is 0 Å². The van der Waals surface area contributed by atoms with Crippen molar-refractivity contribution in [2.24, 2.45) is 0 Å². The molecule has 0 atom stereocenters. The molecule has 90 valence electrons. The summed E-state index contributed by atoms with van der Waals surface area (Å²) < 4.78 is 0. The lowest BCUT2D eigenvalue weighted by molar-refractivity contribution is -0.119. The zero-order chi connectivity index (χ0) is 12.3. The van der Waals surface area contributed by atoms with E-state index in [9.17, 15) is 9.59 Å². The van der Waals surface area contributed by atoms with Gasteiger partial charge in [-0.25, -0.2) is 0 Å². The van der Waals surface area contributed by atoms with Crippen LogP contribution < -0.4 is 10.2 Å². The van der Waals surface area contributed by atoms with E-state index in [1.165, 1.54) is 6.92 Å². The summed E-state index contributed by atoms with van der Waals surface area (Å²) in [5, 5.41) is 2.70. The van der Waals surface area contributed by atoms with Gasteiger partial charge in [0.1, 0.15) is 0 Å². The van der Waals surface area contributed by atoms with E-state index in [2.05, 4.69) is 5.32 Å². The average molecular weight is 232 g/mol. The average Bonchev–Trinajstić information content (AvgIpc) is 2.30. The first-order valence-corrected chi connectivity index (χ1v) is 5.85. The Hall–Kier alpha value is -1.84. The Morgan fingerprint density at radius 1 is 1.24 bits per heavy atom. The van der Waals surface area contributed by atoms with Crippen LogP contribution >= 0.6 is 0 Å². The number of carbonyl (C=O) groups excluding carboxylic acids is 2. The largest absolute Gasteiger partial charge is 0.326 e. The van der Waals surface area contributed by atoms with Gasteiger partial charge in [-0.15, -0.1) is 0 Å². The molecule has 1 N–H and O–H groups in total. The van der Waals surface area contributed by atoms with Crippen molar-refractivity contribution in [1.82, 2.24) is 0 Å². The maximum Gasteiger partial charge on any atom is 0.226 e. The summed E-state index contributed by atoms with van der Waals surface area (Å²) in [5.41, 5.74) is 1.66. The van der Waals surface area contributed by atoms with Crippen molar-refractivity contribution in [1.29, 1.82) is 0 Å². The van der Waals surface area contributed by atoms with Gasteiger partial charge in [-0.3, -0.25) is 9.59 Å². The normalized spacial score (nSPS) is 15.8. The Kier molecular flexibility index (Phi) is 3.42. The van der Waals surface area contributed by atoms with E-state index < -0.39 is 0 Å². The van der Waals surface area contributed by atoms with Gasteiger partial charge < -0.3 is 10.2 Å². The van der Waals surface area contributed by atoms with Crippen LogP contribution in [0.4, 0.5) is 11.4 Å². The van der Waals surface area contributed by atoms with Crippen molar-refractivity contribution in [3.63, 3.8) is 0 Å². The SMILES string of the molecule is CC(=O)Nc1ccc(N2CCCCC2=O)cc1. The Balaban J connectivity index is 2.11. The van der Waals surface area contributed by atoms with Gasteiger partial charge in [0.2, 0.25) is 11.8 Å². The molecule has 2 rings (SSSR count). The van der Waals surface area contributed by atoms with E-state index in [4.69, 9.17) is 0 Å². The molecular formula is C13H16N2O2. The molecule has 1 aromatic carbocycles. The number of rotatable bonds is 2. The van der Waals surface area contributed by atoms with Gasteiger partial charge in [-0.2, -0.15) is 0 Å². The molecule has 1 fully saturated rings. The lowest BCUT2D eigenvalue weighted by Gasteiger charge is -2.26. The molecule has 1 saturated heterocycles. The molecule has 4 heteroatoms. The summed E-state index contributed by atoms with van der Waals surface area (Å²) in [4.78, 5) is 24.4. The van der Waals surface area contributed by atoms with E-state index in [0.717, 1.165) is 30.8 Å². The van der Waals surface area contributed by atoms with Crippen LogP contribution in [0.3, 0.4) is 0 Å². The number of hydrogen-bond donors (Lipinski definition) is 1. The first-order valence-electron chi connectivity index (χ1n) is 5.85. The van der Waals surface area contributed by atoms with Crippen LogP contribution in [0, 0.1) is 0 Å². The van der Waals surface area contributed by atoms with Crippen LogP contribution in [-0.4, -0.2) is 18.4 Å². The van der Waals surface area contributed by atoms with Crippen molar-refractivity contribution in [3.8, 4) is 0 Å². The van der Waals surface area contributed by atoms with Crippen molar-refractivity contribution < 1.29 is 9.59 Å². The summed E-state index contributed by atoms with van der Waals surface area (Å²) in [6.45, 7) is 2.26. The highest BCUT2D eigenvalue weighted by Gasteiger charge is 2.19. The molecule has 0 bridgehead atoms. The van der Waals surface area contributed by atoms with Crippen LogP contribution in [0.1, 0.15) is 26.2 Å². The smallest absolute Gasteiger partial charge is 0.226 e. The van der Waals surface area contributed by atoms with Crippen molar-refractivity contribution in [2.75, 3.05) is 16.8 Å². The lowest BCUT2D eigenvalue weighted by atomic mass is 10.1. The number of hydrogen-bond acceptors (Lipinski definition) is 2. The zero-order valence-corrected chi connectivity index (χ0v) is 9.90. The molecular weight excluding hydrogens is 216 g/mol. The van der Waals surface area contributed by atoms with Gasteiger partial charge >= 0.3 is 0 Å². The summed E-state index contributed by atoms with van der Waals surface area (Å²) in [6, 6.07) is 7.38. The Labute approximate surface area is 101 Å². The Bertz CT molecular complexity index is 426. The third-order valence-corrected chi connectivity index (χ3v) is 2.82. The van der Waals surface area contributed by atoms with Crippen LogP contribution in [0.2, 0.25) is 0 Å². The molecule has 2 amide bonds. The predicted molar refractivity (Wildman–Crippen MR) is 66.9 cm³/mol. The maximum atomic E-state index is 11.7. The van der Waals surface area contributed by atoms with Crippen molar-refractivity contribution >= 4 is 23.2 Å². The minimum absolute atomic E-state index is 0.0909. The Morgan fingerprint density at radius 2 is 1.94 bits per heavy atom. The molecule has 1 aliphatic heterocycles. The molecule has 0 radical (unpaired) electrons.